The Bertz CT molecular complexity index is 1070. The van der Waals surface area contributed by atoms with Gasteiger partial charge in [0, 0.05) is 0 Å². The number of fused-ring (bicyclic) bond motifs is 3. The lowest BCUT2D eigenvalue weighted by atomic mass is 10.1. The number of aliphatic hydroxyl groups is 2. The molecule has 0 radical (unpaired) electrons. The monoisotopic (exact) mass is 524 g/mol. The molecule has 3 aliphatic heterocycles. The first kappa shape index (κ1) is 24.0. The number of ether oxygens (including phenoxy) is 1. The summed E-state index contributed by atoms with van der Waals surface area (Å²) >= 11 is 0. The van der Waals surface area contributed by atoms with Gasteiger partial charge in [-0.05, 0) is 4.65 Å². The van der Waals surface area contributed by atoms with E-state index in [9.17, 15) is 28.8 Å². The van der Waals surface area contributed by atoms with Gasteiger partial charge in [-0.1, -0.05) is 4.84 Å². The summed E-state index contributed by atoms with van der Waals surface area (Å²) in [5.41, 5.74) is 6.08. The molecule has 1 aromatic heterocycles. The second-order valence-corrected chi connectivity index (χ2v) is 11.1. The number of nitrogens with two attached hydrogens (primary N) is 1. The van der Waals surface area contributed by atoms with Crippen molar-refractivity contribution in [3.05, 3.63) is 6.33 Å². The third kappa shape index (κ3) is 4.35. The minimum Gasteiger partial charge on any atom is -0.387 e. The van der Waals surface area contributed by atoms with Gasteiger partial charge in [0.25, 0.3) is 12.0 Å². The first-order valence-corrected chi connectivity index (χ1v) is 12.9. The van der Waals surface area contributed by atoms with Crippen molar-refractivity contribution < 1.29 is 66.2 Å². The van der Waals surface area contributed by atoms with Crippen LogP contribution in [-0.2, 0) is 36.4 Å². The minimum absolute atomic E-state index is 0.0977. The maximum absolute atomic E-state index is 11.8. The lowest BCUT2D eigenvalue weighted by molar-refractivity contribution is -0.0968. The zero-order valence-electron chi connectivity index (χ0n) is 15.4. The molecule has 0 bridgehead atoms. The fraction of sp³-hybridized carbons (Fsp3) is 0.600. The average molecular weight is 524 g/mol. The first-order chi connectivity index (χ1) is 14.7. The van der Waals surface area contributed by atoms with Crippen LogP contribution in [0.15, 0.2) is 6.33 Å². The second kappa shape index (κ2) is 7.71. The van der Waals surface area contributed by atoms with Crippen LogP contribution < -0.4 is 15.7 Å². The van der Waals surface area contributed by atoms with Crippen molar-refractivity contribution in [2.75, 3.05) is 17.7 Å². The van der Waals surface area contributed by atoms with E-state index in [0.29, 0.717) is 5.69 Å². The van der Waals surface area contributed by atoms with E-state index in [1.165, 1.54) is 0 Å². The van der Waals surface area contributed by atoms with Crippen LogP contribution >= 0.6 is 23.5 Å². The number of hydrogen-bond acceptors (Lipinski definition) is 14. The first-order valence-electron chi connectivity index (χ1n) is 8.39. The Kier molecular flexibility index (Phi) is 5.79. The molecule has 0 spiro atoms. The number of phosphoric ester groups is 1. The van der Waals surface area contributed by atoms with Gasteiger partial charge in [0.05, 0.1) is 6.61 Å². The molecule has 8 atom stereocenters. The summed E-state index contributed by atoms with van der Waals surface area (Å²) < 4.78 is 50.5. The number of anilines is 2. The predicted molar refractivity (Wildman–Crippen MR) is 97.2 cm³/mol. The van der Waals surface area contributed by atoms with Crippen molar-refractivity contribution >= 4 is 40.8 Å². The van der Waals surface area contributed by atoms with Gasteiger partial charge >= 0.3 is 29.8 Å². The third-order valence-electron chi connectivity index (χ3n) is 4.57. The molecule has 3 aliphatic rings. The summed E-state index contributed by atoms with van der Waals surface area (Å²) in [5.74, 6) is 0.299. The van der Waals surface area contributed by atoms with Crippen LogP contribution in [0.3, 0.4) is 0 Å². The van der Waals surface area contributed by atoms with E-state index >= 15 is 0 Å². The summed E-state index contributed by atoms with van der Waals surface area (Å²) in [5, 5.41) is 23.6. The van der Waals surface area contributed by atoms with Crippen molar-refractivity contribution in [1.82, 2.24) is 14.6 Å². The molecule has 0 aromatic carbocycles. The number of aromatic nitrogens is 2. The van der Waals surface area contributed by atoms with Gasteiger partial charge in [-0.3, -0.25) is 9.84 Å². The molecule has 180 valence electrons. The third-order valence-corrected chi connectivity index (χ3v) is 8.37. The number of nitrogens with zero attached hydrogens (tertiary/aromatic N) is 3. The van der Waals surface area contributed by atoms with Gasteiger partial charge < -0.3 is 40.3 Å². The molecule has 22 heteroatoms. The van der Waals surface area contributed by atoms with Gasteiger partial charge in [0.2, 0.25) is 0 Å². The molecule has 0 saturated carbocycles. The lowest BCUT2D eigenvalue weighted by Crippen LogP contribution is -2.48. The van der Waals surface area contributed by atoms with Crippen LogP contribution in [-0.4, -0.2) is 77.3 Å². The number of hydrogen-bond donors (Lipinski definition) is 8. The number of aliphatic hydroxyl groups excluding tert-OH is 2. The summed E-state index contributed by atoms with van der Waals surface area (Å²) in [6, 6.07) is 0. The molecule has 19 nitrogen and oxygen atoms in total. The molecule has 32 heavy (non-hydrogen) atoms. The molecular weight excluding hydrogens is 507 g/mol. The van der Waals surface area contributed by atoms with Crippen LogP contribution in [0.25, 0.3) is 0 Å². The Hall–Kier alpha value is -1.11. The normalized spacial score (nSPS) is 37.1. The highest BCUT2D eigenvalue weighted by Crippen LogP contribution is 2.66. The highest BCUT2D eigenvalue weighted by Gasteiger charge is 2.78. The highest BCUT2D eigenvalue weighted by atomic mass is 31.3. The largest absolute Gasteiger partial charge is 0.490 e. The van der Waals surface area contributed by atoms with E-state index in [2.05, 4.69) is 28.4 Å². The zero-order valence-corrected chi connectivity index (χ0v) is 18.1. The molecule has 2 fully saturated rings. The fourth-order valence-corrected chi connectivity index (χ4v) is 6.34. The summed E-state index contributed by atoms with van der Waals surface area (Å²) in [6.07, 6.45) is -5.70. The Labute approximate surface area is 177 Å². The van der Waals surface area contributed by atoms with Crippen molar-refractivity contribution in [2.24, 2.45) is 0 Å². The van der Waals surface area contributed by atoms with E-state index in [0.717, 1.165) is 6.33 Å². The quantitative estimate of drug-likeness (QED) is 0.102. The number of nitrogen functional groups attached to an aromatic ring is 1. The summed E-state index contributed by atoms with van der Waals surface area (Å²) in [6.45, 7) is -0.963. The van der Waals surface area contributed by atoms with Gasteiger partial charge in [-0.2, -0.15) is 13.6 Å². The molecule has 9 N–H and O–H groups in total. The van der Waals surface area contributed by atoms with Crippen molar-refractivity contribution in [1.29, 1.82) is 0 Å². The molecule has 2 unspecified atom stereocenters. The number of hydroxylamine groups is 2. The summed E-state index contributed by atoms with van der Waals surface area (Å²) in [7, 11) is -16.7. The molecule has 0 aliphatic carbocycles. The van der Waals surface area contributed by atoms with E-state index in [-0.39, 0.29) is 11.6 Å². The van der Waals surface area contributed by atoms with E-state index < -0.39 is 65.6 Å². The fourth-order valence-electron chi connectivity index (χ4n) is 3.31. The van der Waals surface area contributed by atoms with Gasteiger partial charge in [0.15, 0.2) is 17.6 Å². The molecule has 4 rings (SSSR count). The van der Waals surface area contributed by atoms with Crippen LogP contribution in [0.2, 0.25) is 0 Å². The lowest BCUT2D eigenvalue weighted by Gasteiger charge is -2.19. The second-order valence-electron chi connectivity index (χ2n) is 6.70. The molecule has 4 heterocycles. The van der Waals surface area contributed by atoms with Gasteiger partial charge in [-0.25, -0.2) is 18.7 Å². The SMILES string of the molecule is Nc1ncnc2c1N[C@H]1O[N@@+]21[C@@H]1O[C@H](COP(=O)(O)OP(=O)(O)OP(=O)(O)O)[C@@H](O)[C@H]1O. The Morgan fingerprint density at radius 1 is 1.09 bits per heavy atom. The number of quaternary nitrogens is 1. The minimum atomic E-state index is -5.71. The molecule has 1 aromatic rings. The highest BCUT2D eigenvalue weighted by molar-refractivity contribution is 7.66. The van der Waals surface area contributed by atoms with Crippen LogP contribution in [0, 0.1) is 0 Å². The van der Waals surface area contributed by atoms with Gasteiger partial charge in [0.1, 0.15) is 18.5 Å². The van der Waals surface area contributed by atoms with Crippen LogP contribution in [0.5, 0.6) is 0 Å². The Morgan fingerprint density at radius 2 is 1.78 bits per heavy atom. The van der Waals surface area contributed by atoms with E-state index in [4.69, 9.17) is 30.0 Å². The van der Waals surface area contributed by atoms with E-state index in [1.807, 2.05) is 0 Å². The average Bonchev–Trinajstić information content (AvgIpc) is 3.14. The van der Waals surface area contributed by atoms with Crippen LogP contribution in [0.1, 0.15) is 0 Å². The zero-order chi connectivity index (χ0) is 23.7. The Morgan fingerprint density at radius 3 is 2.44 bits per heavy atom. The van der Waals surface area contributed by atoms with Crippen LogP contribution in [0.4, 0.5) is 17.3 Å². The molecular formula is C10H17N5O14P3+. The van der Waals surface area contributed by atoms with Crippen molar-refractivity contribution in [3.8, 4) is 0 Å². The maximum Gasteiger partial charge on any atom is 0.490 e. The topological polar surface area (TPSA) is 286 Å². The van der Waals surface area contributed by atoms with Gasteiger partial charge in [-0.15, -0.1) is 0 Å². The van der Waals surface area contributed by atoms with E-state index in [1.54, 1.807) is 0 Å². The maximum atomic E-state index is 11.8. The number of nitrogens with one attached hydrogen (secondary N) is 1. The predicted octanol–water partition coefficient (Wildman–Crippen LogP) is -2.19. The molecule has 2 saturated heterocycles. The van der Waals surface area contributed by atoms with Crippen molar-refractivity contribution in [2.45, 2.75) is 30.9 Å². The number of rotatable bonds is 8. The molecule has 0 amide bonds. The Balaban J connectivity index is 1.43. The van der Waals surface area contributed by atoms with Crippen molar-refractivity contribution in [3.63, 3.8) is 0 Å². The number of phosphoric acid groups is 3. The smallest absolute Gasteiger partial charge is 0.387 e. The standard InChI is InChI=1S/C10H16N5O14P3/c11-7-4-8(13-2-12-7)15(10(14-4)27-15)9-6(17)5(16)3(26-9)1-25-31(21,22)29-32(23,24)28-30(18,19)20/h2-3,5-6,9-10,14,16-17H,1H2,(H5-,11,12,13,18,19,20,21,22,23,24)/p+1/t3-,5-,6-,9-,10-,15-/m1/s1. The summed E-state index contributed by atoms with van der Waals surface area (Å²) in [4.78, 5) is 49.1.